The van der Waals surface area contributed by atoms with Crippen LogP contribution in [-0.2, 0) is 12.2 Å². The summed E-state index contributed by atoms with van der Waals surface area (Å²) in [7, 11) is 0. The maximum absolute atomic E-state index is 5.96. The molecule has 0 amide bonds. The van der Waals surface area contributed by atoms with E-state index in [0.29, 0.717) is 0 Å². The topological polar surface area (TPSA) is 43.1 Å². The molecule has 0 spiro atoms. The van der Waals surface area contributed by atoms with Crippen molar-refractivity contribution >= 4 is 35.7 Å². The van der Waals surface area contributed by atoms with Gasteiger partial charge in [0.2, 0.25) is 5.16 Å². The van der Waals surface area contributed by atoms with Crippen molar-refractivity contribution in [1.29, 1.82) is 0 Å². The average molecular weight is 411 g/mol. The van der Waals surface area contributed by atoms with E-state index in [4.69, 9.17) is 11.6 Å². The Bertz CT molecular complexity index is 946. The van der Waals surface area contributed by atoms with Crippen molar-refractivity contribution in [2.45, 2.75) is 37.6 Å². The number of halogens is 1. The molecule has 2 aromatic carbocycles. The zero-order valence-corrected chi connectivity index (χ0v) is 17.6. The van der Waals surface area contributed by atoms with Gasteiger partial charge in [-0.1, -0.05) is 78.8 Å². The first-order valence-electron chi connectivity index (χ1n) is 9.25. The Morgan fingerprint density at radius 3 is 2.57 bits per heavy atom. The van der Waals surface area contributed by atoms with Crippen LogP contribution in [0.3, 0.4) is 0 Å². The zero-order valence-electron chi connectivity index (χ0n) is 16.0. The summed E-state index contributed by atoms with van der Waals surface area (Å²) in [5.41, 5.74) is 3.41. The molecular weight excluding hydrogens is 388 g/mol. The molecule has 0 radical (unpaired) electrons. The molecule has 0 saturated carbocycles. The van der Waals surface area contributed by atoms with Gasteiger partial charge in [0.15, 0.2) is 5.82 Å². The number of rotatable bonds is 8. The number of thioether (sulfide) groups is 1. The molecule has 0 bridgehead atoms. The van der Waals surface area contributed by atoms with Gasteiger partial charge in [-0.05, 0) is 42.2 Å². The molecule has 0 aliphatic rings. The van der Waals surface area contributed by atoms with Crippen LogP contribution in [0.1, 0.15) is 37.2 Å². The molecule has 0 saturated heterocycles. The Kier molecular flexibility index (Phi) is 7.46. The Labute approximate surface area is 175 Å². The van der Waals surface area contributed by atoms with Crippen LogP contribution in [0.15, 0.2) is 70.4 Å². The predicted octanol–water partition coefficient (Wildman–Crippen LogP) is 6.11. The SMILES string of the molecule is CCCc1nnc(SCc2ccc(Cl)cc2)n1/N=C\C(C)=C\c1ccccc1. The van der Waals surface area contributed by atoms with Crippen molar-refractivity contribution in [1.82, 2.24) is 14.9 Å². The lowest BCUT2D eigenvalue weighted by molar-refractivity contribution is 0.700. The smallest absolute Gasteiger partial charge is 0.191 e. The highest BCUT2D eigenvalue weighted by Gasteiger charge is 2.11. The fourth-order valence-corrected chi connectivity index (χ4v) is 3.60. The van der Waals surface area contributed by atoms with Crippen LogP contribution < -0.4 is 0 Å². The summed E-state index contributed by atoms with van der Waals surface area (Å²) in [6, 6.07) is 18.1. The van der Waals surface area contributed by atoms with Crippen LogP contribution in [-0.4, -0.2) is 21.1 Å². The molecule has 3 rings (SSSR count). The number of hydrogen-bond donors (Lipinski definition) is 0. The van der Waals surface area contributed by atoms with Gasteiger partial charge in [0.1, 0.15) is 0 Å². The van der Waals surface area contributed by atoms with E-state index in [-0.39, 0.29) is 0 Å². The summed E-state index contributed by atoms with van der Waals surface area (Å²) in [5.74, 6) is 1.67. The quantitative estimate of drug-likeness (QED) is 0.332. The van der Waals surface area contributed by atoms with Crippen molar-refractivity contribution in [3.05, 3.63) is 82.1 Å². The van der Waals surface area contributed by atoms with E-state index in [9.17, 15) is 0 Å². The second-order valence-electron chi connectivity index (χ2n) is 6.42. The van der Waals surface area contributed by atoms with Crippen LogP contribution in [0, 0.1) is 0 Å². The molecule has 3 aromatic rings. The van der Waals surface area contributed by atoms with Crippen molar-refractivity contribution in [3.8, 4) is 0 Å². The van der Waals surface area contributed by atoms with Crippen molar-refractivity contribution in [2.75, 3.05) is 0 Å². The van der Waals surface area contributed by atoms with Crippen LogP contribution in [0.5, 0.6) is 0 Å². The first-order valence-corrected chi connectivity index (χ1v) is 10.6. The minimum Gasteiger partial charge on any atom is -0.191 e. The van der Waals surface area contributed by atoms with E-state index in [1.165, 1.54) is 5.56 Å². The molecule has 0 aliphatic carbocycles. The Morgan fingerprint density at radius 2 is 1.86 bits per heavy atom. The molecule has 0 fully saturated rings. The molecule has 0 aliphatic heterocycles. The van der Waals surface area contributed by atoms with Crippen molar-refractivity contribution < 1.29 is 0 Å². The van der Waals surface area contributed by atoms with E-state index in [2.05, 4.69) is 40.4 Å². The number of aryl methyl sites for hydroxylation is 1. The lowest BCUT2D eigenvalue weighted by atomic mass is 10.1. The average Bonchev–Trinajstić information content (AvgIpc) is 3.08. The molecule has 28 heavy (non-hydrogen) atoms. The number of allylic oxidation sites excluding steroid dienone is 1. The van der Waals surface area contributed by atoms with Gasteiger partial charge in [-0.15, -0.1) is 10.2 Å². The van der Waals surface area contributed by atoms with Crippen LogP contribution in [0.2, 0.25) is 5.02 Å². The number of hydrogen-bond acceptors (Lipinski definition) is 4. The van der Waals surface area contributed by atoms with Gasteiger partial charge in [-0.3, -0.25) is 0 Å². The largest absolute Gasteiger partial charge is 0.212 e. The van der Waals surface area contributed by atoms with Crippen molar-refractivity contribution in [3.63, 3.8) is 0 Å². The van der Waals surface area contributed by atoms with Gasteiger partial charge in [-0.25, -0.2) is 0 Å². The maximum Gasteiger partial charge on any atom is 0.212 e. The van der Waals surface area contributed by atoms with Crippen LogP contribution >= 0.6 is 23.4 Å². The molecule has 0 N–H and O–H groups in total. The molecule has 6 heteroatoms. The Hall–Kier alpha value is -2.37. The van der Waals surface area contributed by atoms with Gasteiger partial charge < -0.3 is 0 Å². The summed E-state index contributed by atoms with van der Waals surface area (Å²) in [4.78, 5) is 0. The van der Waals surface area contributed by atoms with E-state index >= 15 is 0 Å². The van der Waals surface area contributed by atoms with Crippen molar-refractivity contribution in [2.24, 2.45) is 5.10 Å². The first kappa shape index (κ1) is 20.4. The second-order valence-corrected chi connectivity index (χ2v) is 7.80. The van der Waals surface area contributed by atoms with Crippen LogP contribution in [0.4, 0.5) is 0 Å². The highest BCUT2D eigenvalue weighted by atomic mass is 35.5. The van der Waals surface area contributed by atoms with Gasteiger partial charge in [0, 0.05) is 17.2 Å². The standard InChI is InChI=1S/C22H23ClN4S/c1-3-7-21-25-26-22(28-16-19-10-12-20(23)13-11-19)27(21)24-15-17(2)14-18-8-5-4-6-9-18/h4-6,8-15H,3,7,16H2,1-2H3/b17-14+,24-15-. The Balaban J connectivity index is 1.77. The minimum absolute atomic E-state index is 0.743. The molecule has 1 heterocycles. The minimum atomic E-state index is 0.743. The monoisotopic (exact) mass is 410 g/mol. The molecular formula is C22H23ClN4S. The summed E-state index contributed by atoms with van der Waals surface area (Å²) < 4.78 is 1.85. The van der Waals surface area contributed by atoms with Gasteiger partial charge in [0.25, 0.3) is 0 Å². The maximum atomic E-state index is 5.96. The molecule has 144 valence electrons. The summed E-state index contributed by atoms with van der Waals surface area (Å²) >= 11 is 7.58. The third-order valence-corrected chi connectivity index (χ3v) is 5.24. The highest BCUT2D eigenvalue weighted by molar-refractivity contribution is 7.98. The predicted molar refractivity (Wildman–Crippen MR) is 119 cm³/mol. The van der Waals surface area contributed by atoms with Gasteiger partial charge in [0.05, 0.1) is 6.21 Å². The van der Waals surface area contributed by atoms with Gasteiger partial charge >= 0.3 is 0 Å². The third kappa shape index (κ3) is 5.81. The summed E-state index contributed by atoms with van der Waals surface area (Å²) in [5, 5.41) is 14.9. The van der Waals surface area contributed by atoms with E-state index < -0.39 is 0 Å². The molecule has 0 atom stereocenters. The summed E-state index contributed by atoms with van der Waals surface area (Å²) in [6.45, 7) is 4.17. The van der Waals surface area contributed by atoms with E-state index in [1.807, 2.05) is 60.3 Å². The number of aromatic nitrogens is 3. The third-order valence-electron chi connectivity index (χ3n) is 4.00. The lowest BCUT2D eigenvalue weighted by Gasteiger charge is -2.04. The second kappa shape index (κ2) is 10.2. The number of nitrogens with zero attached hydrogens (tertiary/aromatic N) is 4. The lowest BCUT2D eigenvalue weighted by Crippen LogP contribution is -2.00. The van der Waals surface area contributed by atoms with E-state index in [1.54, 1.807) is 11.8 Å². The molecule has 4 nitrogen and oxygen atoms in total. The normalized spacial score (nSPS) is 12.0. The molecule has 0 unspecified atom stereocenters. The summed E-state index contributed by atoms with van der Waals surface area (Å²) in [6.07, 6.45) is 5.80. The fourth-order valence-electron chi connectivity index (χ4n) is 2.61. The highest BCUT2D eigenvalue weighted by Crippen LogP contribution is 2.23. The first-order chi connectivity index (χ1) is 13.7. The van der Waals surface area contributed by atoms with Gasteiger partial charge in [-0.2, -0.15) is 9.78 Å². The fraction of sp³-hybridized carbons (Fsp3) is 0.227. The zero-order chi connectivity index (χ0) is 19.8. The number of benzene rings is 2. The van der Waals surface area contributed by atoms with Crippen LogP contribution in [0.25, 0.3) is 6.08 Å². The Morgan fingerprint density at radius 1 is 1.11 bits per heavy atom. The van der Waals surface area contributed by atoms with E-state index in [0.717, 1.165) is 45.7 Å². The molecule has 1 aromatic heterocycles.